The van der Waals surface area contributed by atoms with Crippen LogP contribution in [0, 0.1) is 11.6 Å². The number of nitrogens with zero attached hydrogens (tertiary/aromatic N) is 4. The number of hydrogen-bond donors (Lipinski definition) is 0. The Morgan fingerprint density at radius 1 is 0.914 bits per heavy atom. The molecule has 2 aromatic carbocycles. The fraction of sp³-hybridized carbons (Fsp3) is 0.519. The summed E-state index contributed by atoms with van der Waals surface area (Å²) in [5.74, 6) is -0.961. The van der Waals surface area contributed by atoms with Gasteiger partial charge in [0, 0.05) is 75.7 Å². The summed E-state index contributed by atoms with van der Waals surface area (Å²) in [6.45, 7) is 7.50. The van der Waals surface area contributed by atoms with E-state index in [0.29, 0.717) is 12.1 Å². The number of carbonyl (C=O) groups is 1. The van der Waals surface area contributed by atoms with Gasteiger partial charge in [0.25, 0.3) is 0 Å². The number of benzene rings is 2. The molecule has 0 unspecified atom stereocenters. The van der Waals surface area contributed by atoms with E-state index in [1.807, 2.05) is 29.2 Å². The quantitative estimate of drug-likeness (QED) is 0.628. The first kappa shape index (κ1) is 24.0. The Balaban J connectivity index is 1.11. The highest BCUT2D eigenvalue weighted by Gasteiger charge is 2.30. The third-order valence-corrected chi connectivity index (χ3v) is 7.77. The number of carbonyl (C=O) groups excluding carboxylic acids is 1. The van der Waals surface area contributed by atoms with Crippen molar-refractivity contribution in [2.75, 3.05) is 70.9 Å². The van der Waals surface area contributed by atoms with Gasteiger partial charge in [0.1, 0.15) is 5.82 Å². The molecule has 3 aliphatic rings. The lowest BCUT2D eigenvalue weighted by atomic mass is 9.91. The van der Waals surface area contributed by atoms with E-state index in [9.17, 15) is 13.6 Å². The summed E-state index contributed by atoms with van der Waals surface area (Å²) in [6.07, 6.45) is 3.98. The number of methoxy groups -OCH3 is 1. The highest BCUT2D eigenvalue weighted by Crippen LogP contribution is 2.30. The first-order chi connectivity index (χ1) is 17.0. The maximum atomic E-state index is 14.4. The molecule has 0 spiro atoms. The van der Waals surface area contributed by atoms with E-state index < -0.39 is 11.6 Å². The summed E-state index contributed by atoms with van der Waals surface area (Å²) < 4.78 is 33.3. The Morgan fingerprint density at radius 3 is 2.20 bits per heavy atom. The Kier molecular flexibility index (Phi) is 7.20. The van der Waals surface area contributed by atoms with Crippen molar-refractivity contribution in [2.24, 2.45) is 0 Å². The van der Waals surface area contributed by atoms with Crippen LogP contribution in [0.1, 0.15) is 19.3 Å². The number of piperazine rings is 2. The predicted molar refractivity (Wildman–Crippen MR) is 133 cm³/mol. The van der Waals surface area contributed by atoms with Crippen LogP contribution in [-0.4, -0.2) is 92.7 Å². The Bertz CT molecular complexity index is 1030. The molecule has 2 aromatic rings. The minimum atomic E-state index is -0.584. The molecule has 6 nitrogen and oxygen atoms in total. The van der Waals surface area contributed by atoms with E-state index in [2.05, 4.69) is 14.7 Å². The van der Waals surface area contributed by atoms with Gasteiger partial charge in [-0.1, -0.05) is 18.6 Å². The van der Waals surface area contributed by atoms with Gasteiger partial charge in [-0.25, -0.2) is 8.78 Å². The summed E-state index contributed by atoms with van der Waals surface area (Å²) in [5.41, 5.74) is 1.88. The topological polar surface area (TPSA) is 39.3 Å². The SMILES string of the molecule is COc1cc(F)c(-c2ccc(N3CCN(CC(=O)N4CCN(C5CCC5)CC4)CC3)cc2)cc1F. The first-order valence-corrected chi connectivity index (χ1v) is 12.6. The molecule has 0 radical (unpaired) electrons. The Morgan fingerprint density at radius 2 is 1.60 bits per heavy atom. The van der Waals surface area contributed by atoms with Crippen LogP contribution in [0.4, 0.5) is 14.5 Å². The lowest BCUT2D eigenvalue weighted by Crippen LogP contribution is -2.56. The second kappa shape index (κ2) is 10.5. The number of amides is 1. The van der Waals surface area contributed by atoms with Crippen molar-refractivity contribution in [3.05, 3.63) is 48.0 Å². The summed E-state index contributed by atoms with van der Waals surface area (Å²) in [5, 5.41) is 0. The lowest BCUT2D eigenvalue weighted by Gasteiger charge is -2.43. The molecule has 0 bridgehead atoms. The molecular formula is C27H34F2N4O2. The van der Waals surface area contributed by atoms with Gasteiger partial charge in [0.2, 0.25) is 5.91 Å². The molecular weight excluding hydrogens is 450 g/mol. The number of anilines is 1. The molecule has 1 amide bonds. The first-order valence-electron chi connectivity index (χ1n) is 12.6. The summed E-state index contributed by atoms with van der Waals surface area (Å²) in [7, 11) is 1.32. The van der Waals surface area contributed by atoms with Gasteiger partial charge in [0.15, 0.2) is 11.6 Å². The minimum absolute atomic E-state index is 0.102. The second-order valence-corrected chi connectivity index (χ2v) is 9.78. The maximum absolute atomic E-state index is 14.4. The second-order valence-electron chi connectivity index (χ2n) is 9.78. The molecule has 35 heavy (non-hydrogen) atoms. The fourth-order valence-electron chi connectivity index (χ4n) is 5.30. The molecule has 0 aromatic heterocycles. The van der Waals surface area contributed by atoms with E-state index in [1.54, 1.807) is 0 Å². The van der Waals surface area contributed by atoms with Gasteiger partial charge in [-0.05, 0) is 36.6 Å². The van der Waals surface area contributed by atoms with E-state index in [-0.39, 0.29) is 17.2 Å². The van der Waals surface area contributed by atoms with Gasteiger partial charge >= 0.3 is 0 Å². The highest BCUT2D eigenvalue weighted by atomic mass is 19.1. The highest BCUT2D eigenvalue weighted by molar-refractivity contribution is 5.78. The van der Waals surface area contributed by atoms with Crippen LogP contribution in [0.5, 0.6) is 5.75 Å². The zero-order valence-corrected chi connectivity index (χ0v) is 20.4. The molecule has 0 N–H and O–H groups in total. The minimum Gasteiger partial charge on any atom is -0.494 e. The molecule has 0 atom stereocenters. The van der Waals surface area contributed by atoms with Crippen molar-refractivity contribution in [1.29, 1.82) is 0 Å². The van der Waals surface area contributed by atoms with Crippen molar-refractivity contribution in [2.45, 2.75) is 25.3 Å². The monoisotopic (exact) mass is 484 g/mol. The Labute approximate surface area is 206 Å². The van der Waals surface area contributed by atoms with Crippen molar-refractivity contribution < 1.29 is 18.3 Å². The molecule has 5 rings (SSSR count). The Hall–Kier alpha value is -2.71. The normalized spacial score (nSPS) is 20.1. The van der Waals surface area contributed by atoms with Gasteiger partial charge in [-0.2, -0.15) is 0 Å². The fourth-order valence-corrected chi connectivity index (χ4v) is 5.30. The van der Waals surface area contributed by atoms with Gasteiger partial charge in [-0.15, -0.1) is 0 Å². The van der Waals surface area contributed by atoms with Crippen LogP contribution < -0.4 is 9.64 Å². The molecule has 2 heterocycles. The molecule has 188 valence electrons. The molecule has 2 aliphatic heterocycles. The average molecular weight is 485 g/mol. The van der Waals surface area contributed by atoms with Crippen molar-refractivity contribution in [1.82, 2.24) is 14.7 Å². The summed E-state index contributed by atoms with van der Waals surface area (Å²) in [4.78, 5) is 21.9. The molecule has 2 saturated heterocycles. The van der Waals surface area contributed by atoms with E-state index >= 15 is 0 Å². The van der Waals surface area contributed by atoms with E-state index in [1.165, 1.54) is 32.4 Å². The third kappa shape index (κ3) is 5.28. The number of halogens is 2. The standard InChI is InChI=1S/C27H34F2N4O2/c1-35-26-18-24(28)23(17-25(26)29)20-5-7-22(8-6-20)31-11-9-30(10-12-31)19-27(34)33-15-13-32(14-16-33)21-3-2-4-21/h5-8,17-18,21H,2-4,9-16,19H2,1H3. The van der Waals surface area contributed by atoms with Crippen LogP contribution in [0.3, 0.4) is 0 Å². The lowest BCUT2D eigenvalue weighted by molar-refractivity contribution is -0.134. The maximum Gasteiger partial charge on any atom is 0.236 e. The van der Waals surface area contributed by atoms with Gasteiger partial charge in [0.05, 0.1) is 13.7 Å². The smallest absolute Gasteiger partial charge is 0.236 e. The largest absolute Gasteiger partial charge is 0.494 e. The van der Waals surface area contributed by atoms with Crippen molar-refractivity contribution >= 4 is 11.6 Å². The van der Waals surface area contributed by atoms with E-state index in [0.717, 1.165) is 70.2 Å². The molecule has 8 heteroatoms. The predicted octanol–water partition coefficient (Wildman–Crippen LogP) is 3.46. The van der Waals surface area contributed by atoms with Crippen molar-refractivity contribution in [3.8, 4) is 16.9 Å². The van der Waals surface area contributed by atoms with Gasteiger partial charge < -0.3 is 14.5 Å². The zero-order chi connectivity index (χ0) is 24.4. The van der Waals surface area contributed by atoms with Gasteiger partial charge in [-0.3, -0.25) is 14.6 Å². The third-order valence-electron chi connectivity index (χ3n) is 7.77. The van der Waals surface area contributed by atoms with Crippen molar-refractivity contribution in [3.63, 3.8) is 0 Å². The number of ether oxygens (including phenoxy) is 1. The number of hydrogen-bond acceptors (Lipinski definition) is 5. The van der Waals surface area contributed by atoms with Crippen LogP contribution in [-0.2, 0) is 4.79 Å². The van der Waals surface area contributed by atoms with E-state index in [4.69, 9.17) is 4.74 Å². The summed E-state index contributed by atoms with van der Waals surface area (Å²) >= 11 is 0. The molecule has 1 saturated carbocycles. The average Bonchev–Trinajstić information content (AvgIpc) is 2.85. The van der Waals surface area contributed by atoms with Crippen LogP contribution in [0.15, 0.2) is 36.4 Å². The number of rotatable bonds is 6. The van der Waals surface area contributed by atoms with Crippen LogP contribution in [0.2, 0.25) is 0 Å². The molecule has 3 fully saturated rings. The van der Waals surface area contributed by atoms with Crippen LogP contribution >= 0.6 is 0 Å². The molecule has 1 aliphatic carbocycles. The zero-order valence-electron chi connectivity index (χ0n) is 20.4. The van der Waals surface area contributed by atoms with Crippen LogP contribution in [0.25, 0.3) is 11.1 Å². The summed E-state index contributed by atoms with van der Waals surface area (Å²) in [6, 6.07) is 10.5.